The Hall–Kier alpha value is -2.54. The average Bonchev–Trinajstić information content (AvgIpc) is 2.78. The largest absolute Gasteiger partial charge is 0.497 e. The number of amides is 1. The van der Waals surface area contributed by atoms with Crippen LogP contribution in [-0.4, -0.2) is 56.0 Å². The molecule has 2 aromatic carbocycles. The number of carbonyl (C=O) groups excluding carboxylic acids is 1. The van der Waals surface area contributed by atoms with Crippen LogP contribution in [0.25, 0.3) is 0 Å². The molecule has 0 unspecified atom stereocenters. The van der Waals surface area contributed by atoms with Crippen molar-refractivity contribution in [2.24, 2.45) is 5.92 Å². The van der Waals surface area contributed by atoms with Gasteiger partial charge in [-0.2, -0.15) is 13.2 Å². The number of hydrogen-bond donors (Lipinski definition) is 0. The molecule has 1 aliphatic rings. The molecule has 3 rings (SSSR count). The quantitative estimate of drug-likeness (QED) is 0.589. The molecule has 0 aliphatic carbocycles. The third-order valence-electron chi connectivity index (χ3n) is 6.05. The van der Waals surface area contributed by atoms with Gasteiger partial charge < -0.3 is 14.5 Å². The summed E-state index contributed by atoms with van der Waals surface area (Å²) in [5.41, 5.74) is 1.06. The first kappa shape index (κ1) is 24.1. The van der Waals surface area contributed by atoms with Gasteiger partial charge in [0.15, 0.2) is 0 Å². The van der Waals surface area contributed by atoms with Crippen LogP contribution in [0, 0.1) is 5.92 Å². The number of hydrogen-bond acceptors (Lipinski definition) is 3. The highest BCUT2D eigenvalue weighted by Gasteiger charge is 2.30. The zero-order valence-electron chi connectivity index (χ0n) is 18.7. The van der Waals surface area contributed by atoms with E-state index < -0.39 is 11.7 Å². The van der Waals surface area contributed by atoms with E-state index in [4.69, 9.17) is 4.74 Å². The molecule has 1 amide bonds. The molecule has 4 nitrogen and oxygen atoms in total. The third kappa shape index (κ3) is 6.99. The number of carbonyl (C=O) groups is 1. The number of piperidine rings is 1. The van der Waals surface area contributed by atoms with Crippen LogP contribution in [0.5, 0.6) is 5.75 Å². The van der Waals surface area contributed by atoms with E-state index in [2.05, 4.69) is 4.90 Å². The van der Waals surface area contributed by atoms with Gasteiger partial charge in [-0.05, 0) is 61.1 Å². The Morgan fingerprint density at radius 1 is 1.16 bits per heavy atom. The Kier molecular flexibility index (Phi) is 8.18. The summed E-state index contributed by atoms with van der Waals surface area (Å²) in [6, 6.07) is 13.1. The number of benzene rings is 2. The third-order valence-corrected chi connectivity index (χ3v) is 6.05. The second-order valence-electron chi connectivity index (χ2n) is 8.56. The number of alkyl halides is 3. The minimum absolute atomic E-state index is 0.0799. The van der Waals surface area contributed by atoms with Crippen molar-refractivity contribution in [1.82, 2.24) is 9.80 Å². The molecule has 0 radical (unpaired) electrons. The molecule has 174 valence electrons. The van der Waals surface area contributed by atoms with Gasteiger partial charge in [-0.25, -0.2) is 0 Å². The van der Waals surface area contributed by atoms with E-state index in [0.717, 1.165) is 49.9 Å². The number of nitrogens with zero attached hydrogens (tertiary/aromatic N) is 2. The van der Waals surface area contributed by atoms with Gasteiger partial charge in [0.1, 0.15) is 5.75 Å². The Balaban J connectivity index is 1.47. The van der Waals surface area contributed by atoms with E-state index >= 15 is 0 Å². The standard InChI is InChI=1S/C25H31F3N2O2/c1-29(24(31)16-20-8-10-23(32-2)11-9-20)17-21-6-4-13-30(18-21)14-12-19-5-3-7-22(15-19)25(26,27)28/h3,5,7-11,15,21H,4,6,12-14,16-18H2,1-2H3/t21-/m1/s1. The first-order valence-corrected chi connectivity index (χ1v) is 11.0. The molecule has 1 heterocycles. The fourth-order valence-corrected chi connectivity index (χ4v) is 4.24. The van der Waals surface area contributed by atoms with Gasteiger partial charge in [-0.1, -0.05) is 30.3 Å². The average molecular weight is 449 g/mol. The van der Waals surface area contributed by atoms with Crippen LogP contribution in [0.4, 0.5) is 13.2 Å². The highest BCUT2D eigenvalue weighted by Crippen LogP contribution is 2.29. The Morgan fingerprint density at radius 3 is 2.59 bits per heavy atom. The number of ether oxygens (including phenoxy) is 1. The van der Waals surface area contributed by atoms with E-state index in [9.17, 15) is 18.0 Å². The zero-order chi connectivity index (χ0) is 23.1. The van der Waals surface area contributed by atoms with Crippen LogP contribution in [-0.2, 0) is 23.8 Å². The molecule has 7 heteroatoms. The van der Waals surface area contributed by atoms with Gasteiger partial charge in [0, 0.05) is 26.7 Å². The van der Waals surface area contributed by atoms with E-state index in [1.165, 1.54) is 12.1 Å². The zero-order valence-corrected chi connectivity index (χ0v) is 18.7. The predicted octanol–water partition coefficient (Wildman–Crippen LogP) is 4.67. The lowest BCUT2D eigenvalue weighted by Crippen LogP contribution is -2.42. The number of methoxy groups -OCH3 is 1. The minimum Gasteiger partial charge on any atom is -0.497 e. The molecule has 0 N–H and O–H groups in total. The summed E-state index contributed by atoms with van der Waals surface area (Å²) in [6.07, 6.45) is -1.28. The van der Waals surface area contributed by atoms with Crippen molar-refractivity contribution >= 4 is 5.91 Å². The maximum atomic E-state index is 12.9. The van der Waals surface area contributed by atoms with E-state index in [1.54, 1.807) is 18.1 Å². The Morgan fingerprint density at radius 2 is 1.91 bits per heavy atom. The lowest BCUT2D eigenvalue weighted by atomic mass is 9.96. The predicted molar refractivity (Wildman–Crippen MR) is 119 cm³/mol. The van der Waals surface area contributed by atoms with Crippen molar-refractivity contribution in [3.05, 3.63) is 65.2 Å². The molecule has 1 fully saturated rings. The second-order valence-corrected chi connectivity index (χ2v) is 8.56. The number of likely N-dealkylation sites (N-methyl/N-ethyl adjacent to an activating group) is 1. The van der Waals surface area contributed by atoms with Crippen LogP contribution in [0.3, 0.4) is 0 Å². The molecular weight excluding hydrogens is 417 g/mol. The summed E-state index contributed by atoms with van der Waals surface area (Å²) in [4.78, 5) is 16.7. The minimum atomic E-state index is -4.31. The van der Waals surface area contributed by atoms with Crippen molar-refractivity contribution in [2.75, 3.05) is 40.3 Å². The molecule has 32 heavy (non-hydrogen) atoms. The Labute approximate surface area is 188 Å². The molecule has 1 aliphatic heterocycles. The van der Waals surface area contributed by atoms with Crippen molar-refractivity contribution in [3.8, 4) is 5.75 Å². The number of likely N-dealkylation sites (tertiary alicyclic amines) is 1. The van der Waals surface area contributed by atoms with Crippen LogP contribution in [0.15, 0.2) is 48.5 Å². The maximum Gasteiger partial charge on any atom is 0.416 e. The molecule has 0 spiro atoms. The molecule has 2 aromatic rings. The monoisotopic (exact) mass is 448 g/mol. The summed E-state index contributed by atoms with van der Waals surface area (Å²) >= 11 is 0. The van der Waals surface area contributed by atoms with Crippen LogP contribution in [0.1, 0.15) is 29.5 Å². The number of halogens is 3. The Bertz CT molecular complexity index is 884. The highest BCUT2D eigenvalue weighted by atomic mass is 19.4. The first-order chi connectivity index (χ1) is 15.2. The summed E-state index contributed by atoms with van der Waals surface area (Å²) < 4.78 is 43.9. The van der Waals surface area contributed by atoms with Gasteiger partial charge in [-0.15, -0.1) is 0 Å². The van der Waals surface area contributed by atoms with Gasteiger partial charge in [0.25, 0.3) is 0 Å². The van der Waals surface area contributed by atoms with Gasteiger partial charge in [0.2, 0.25) is 5.91 Å². The van der Waals surface area contributed by atoms with Crippen LogP contribution in [0.2, 0.25) is 0 Å². The van der Waals surface area contributed by atoms with E-state index in [1.807, 2.05) is 31.3 Å². The fraction of sp³-hybridized carbons (Fsp3) is 0.480. The van der Waals surface area contributed by atoms with Crippen LogP contribution >= 0.6 is 0 Å². The normalized spacial score (nSPS) is 17.2. The highest BCUT2D eigenvalue weighted by molar-refractivity contribution is 5.78. The molecule has 0 saturated carbocycles. The van der Waals surface area contributed by atoms with E-state index in [-0.39, 0.29) is 5.91 Å². The molecule has 0 aromatic heterocycles. The maximum absolute atomic E-state index is 12.9. The summed E-state index contributed by atoms with van der Waals surface area (Å²) in [5, 5.41) is 0. The second kappa shape index (κ2) is 10.9. The summed E-state index contributed by atoms with van der Waals surface area (Å²) in [5.74, 6) is 1.22. The smallest absolute Gasteiger partial charge is 0.416 e. The first-order valence-electron chi connectivity index (χ1n) is 11.0. The lowest BCUT2D eigenvalue weighted by Gasteiger charge is -2.34. The van der Waals surface area contributed by atoms with E-state index in [0.29, 0.717) is 30.9 Å². The summed E-state index contributed by atoms with van der Waals surface area (Å²) in [7, 11) is 3.45. The summed E-state index contributed by atoms with van der Waals surface area (Å²) in [6.45, 7) is 3.22. The van der Waals surface area contributed by atoms with Crippen LogP contribution < -0.4 is 4.74 Å². The molecule has 1 atom stereocenters. The van der Waals surface area contributed by atoms with Crippen molar-refractivity contribution in [2.45, 2.75) is 31.9 Å². The molecule has 0 bridgehead atoms. The molecular formula is C25H31F3N2O2. The van der Waals surface area contributed by atoms with Crippen molar-refractivity contribution < 1.29 is 22.7 Å². The fourth-order valence-electron chi connectivity index (χ4n) is 4.24. The number of rotatable bonds is 8. The van der Waals surface area contributed by atoms with Gasteiger partial charge >= 0.3 is 6.18 Å². The van der Waals surface area contributed by atoms with Gasteiger partial charge in [-0.3, -0.25) is 4.79 Å². The van der Waals surface area contributed by atoms with Crippen molar-refractivity contribution in [1.29, 1.82) is 0 Å². The molecule has 1 saturated heterocycles. The van der Waals surface area contributed by atoms with Gasteiger partial charge in [0.05, 0.1) is 19.1 Å². The van der Waals surface area contributed by atoms with Crippen molar-refractivity contribution in [3.63, 3.8) is 0 Å². The SMILES string of the molecule is COc1ccc(CC(=O)N(C)C[C@H]2CCCN(CCc3cccc(C(F)(F)F)c3)C2)cc1. The lowest BCUT2D eigenvalue weighted by molar-refractivity contribution is -0.137. The topological polar surface area (TPSA) is 32.8 Å².